The molecule has 2 aromatic carbocycles. The Morgan fingerprint density at radius 2 is 1.78 bits per heavy atom. The Balaban J connectivity index is 2.14. The summed E-state index contributed by atoms with van der Waals surface area (Å²) in [5.41, 5.74) is 2.42. The first-order chi connectivity index (χ1) is 12.9. The van der Waals surface area contributed by atoms with Crippen LogP contribution in [0.1, 0.15) is 56.0 Å². The number of nitrogens with one attached hydrogen (secondary N) is 1. The zero-order valence-corrected chi connectivity index (χ0v) is 16.5. The third-order valence-electron chi connectivity index (χ3n) is 4.61. The van der Waals surface area contributed by atoms with Crippen molar-refractivity contribution >= 4 is 17.4 Å². The largest absolute Gasteiger partial charge is 0.493 e. The third kappa shape index (κ3) is 5.09. The van der Waals surface area contributed by atoms with E-state index >= 15 is 0 Å². The third-order valence-corrected chi connectivity index (χ3v) is 4.61. The van der Waals surface area contributed by atoms with E-state index in [0.717, 1.165) is 17.7 Å². The molecule has 0 bridgehead atoms. The van der Waals surface area contributed by atoms with Crippen LogP contribution in [-0.2, 0) is 4.79 Å². The number of carbonyl (C=O) groups excluding carboxylic acids is 2. The van der Waals surface area contributed by atoms with Gasteiger partial charge < -0.3 is 14.8 Å². The first-order valence-electron chi connectivity index (χ1n) is 9.12. The summed E-state index contributed by atoms with van der Waals surface area (Å²) >= 11 is 0. The number of hydrogen-bond acceptors (Lipinski definition) is 4. The van der Waals surface area contributed by atoms with Gasteiger partial charge in [0.15, 0.2) is 23.4 Å². The number of anilines is 1. The van der Waals surface area contributed by atoms with Crippen molar-refractivity contribution in [3.8, 4) is 11.5 Å². The fourth-order valence-electron chi connectivity index (χ4n) is 2.72. The van der Waals surface area contributed by atoms with Crippen LogP contribution in [0, 0.1) is 0 Å². The van der Waals surface area contributed by atoms with Gasteiger partial charge in [-0.3, -0.25) is 9.59 Å². The number of benzene rings is 2. The summed E-state index contributed by atoms with van der Waals surface area (Å²) in [6.45, 7) is 7.41. The van der Waals surface area contributed by atoms with Crippen molar-refractivity contribution in [1.29, 1.82) is 0 Å². The van der Waals surface area contributed by atoms with E-state index in [1.165, 1.54) is 14.0 Å². The van der Waals surface area contributed by atoms with Gasteiger partial charge in [-0.15, -0.1) is 0 Å². The molecule has 0 aliphatic heterocycles. The lowest BCUT2D eigenvalue weighted by molar-refractivity contribution is -0.122. The van der Waals surface area contributed by atoms with Gasteiger partial charge in [0.05, 0.1) is 7.11 Å². The molecule has 0 aromatic heterocycles. The fraction of sp³-hybridized carbons (Fsp3) is 0.364. The van der Waals surface area contributed by atoms with E-state index in [-0.39, 0.29) is 11.7 Å². The summed E-state index contributed by atoms with van der Waals surface area (Å²) in [4.78, 5) is 24.1. The number of para-hydroxylation sites is 1. The van der Waals surface area contributed by atoms with Gasteiger partial charge in [0.1, 0.15) is 0 Å². The number of amides is 1. The second-order valence-electron chi connectivity index (χ2n) is 6.57. The van der Waals surface area contributed by atoms with Crippen LogP contribution >= 0.6 is 0 Å². The lowest BCUT2D eigenvalue weighted by Gasteiger charge is -2.19. The standard InChI is InChI=1S/C22H27NO4/c1-6-14(2)18-9-7-8-10-19(18)23-22(25)16(4)27-20-12-11-17(15(3)24)13-21(20)26-5/h7-14,16H,6H2,1-5H3,(H,23,25)/t14-,16-/m0/s1. The van der Waals surface area contributed by atoms with Crippen molar-refractivity contribution < 1.29 is 19.1 Å². The highest BCUT2D eigenvalue weighted by molar-refractivity contribution is 5.95. The highest BCUT2D eigenvalue weighted by atomic mass is 16.5. The van der Waals surface area contributed by atoms with Gasteiger partial charge in [-0.1, -0.05) is 32.0 Å². The molecule has 2 aromatic rings. The topological polar surface area (TPSA) is 64.6 Å². The molecule has 0 heterocycles. The van der Waals surface area contributed by atoms with E-state index in [0.29, 0.717) is 23.0 Å². The Labute approximate surface area is 160 Å². The van der Waals surface area contributed by atoms with Crippen LogP contribution in [0.3, 0.4) is 0 Å². The van der Waals surface area contributed by atoms with Gasteiger partial charge in [-0.05, 0) is 56.0 Å². The van der Waals surface area contributed by atoms with Crippen LogP contribution in [0.4, 0.5) is 5.69 Å². The predicted octanol–water partition coefficient (Wildman–Crippen LogP) is 4.82. The second kappa shape index (κ2) is 9.21. The molecule has 27 heavy (non-hydrogen) atoms. The van der Waals surface area contributed by atoms with E-state index in [1.807, 2.05) is 24.3 Å². The van der Waals surface area contributed by atoms with Gasteiger partial charge in [-0.2, -0.15) is 0 Å². The van der Waals surface area contributed by atoms with Gasteiger partial charge in [-0.25, -0.2) is 0 Å². The molecule has 0 aliphatic carbocycles. The smallest absolute Gasteiger partial charge is 0.265 e. The Hall–Kier alpha value is -2.82. The normalized spacial score (nSPS) is 12.8. The van der Waals surface area contributed by atoms with Gasteiger partial charge in [0.25, 0.3) is 5.91 Å². The van der Waals surface area contributed by atoms with Crippen LogP contribution < -0.4 is 14.8 Å². The number of rotatable bonds is 8. The maximum Gasteiger partial charge on any atom is 0.265 e. The molecule has 5 nitrogen and oxygen atoms in total. The number of ketones is 1. The molecule has 0 saturated heterocycles. The van der Waals surface area contributed by atoms with Crippen molar-refractivity contribution in [2.75, 3.05) is 12.4 Å². The monoisotopic (exact) mass is 369 g/mol. The summed E-state index contributed by atoms with van der Waals surface area (Å²) in [6, 6.07) is 12.7. The molecule has 5 heteroatoms. The van der Waals surface area contributed by atoms with Crippen molar-refractivity contribution in [3.05, 3.63) is 53.6 Å². The first-order valence-corrected chi connectivity index (χ1v) is 9.12. The number of methoxy groups -OCH3 is 1. The van der Waals surface area contributed by atoms with Crippen LogP contribution in [-0.4, -0.2) is 24.9 Å². The van der Waals surface area contributed by atoms with E-state index in [1.54, 1.807) is 25.1 Å². The molecule has 0 saturated carbocycles. The minimum Gasteiger partial charge on any atom is -0.493 e. The van der Waals surface area contributed by atoms with Gasteiger partial charge in [0, 0.05) is 11.3 Å². The van der Waals surface area contributed by atoms with E-state index < -0.39 is 6.10 Å². The van der Waals surface area contributed by atoms with Gasteiger partial charge >= 0.3 is 0 Å². The van der Waals surface area contributed by atoms with Crippen molar-refractivity contribution in [1.82, 2.24) is 0 Å². The minimum atomic E-state index is -0.730. The summed E-state index contributed by atoms with van der Waals surface area (Å²) in [5, 5.41) is 2.95. The molecule has 0 unspecified atom stereocenters. The molecule has 144 valence electrons. The molecular weight excluding hydrogens is 342 g/mol. The van der Waals surface area contributed by atoms with Crippen LogP contribution in [0.25, 0.3) is 0 Å². The molecule has 2 rings (SSSR count). The average molecular weight is 369 g/mol. The summed E-state index contributed by atoms with van der Waals surface area (Å²) in [5.74, 6) is 0.871. The molecular formula is C22H27NO4. The summed E-state index contributed by atoms with van der Waals surface area (Å²) < 4.78 is 11.1. The molecule has 0 aliphatic rings. The lowest BCUT2D eigenvalue weighted by Crippen LogP contribution is -2.30. The summed E-state index contributed by atoms with van der Waals surface area (Å²) in [6.07, 6.45) is 0.255. The van der Waals surface area contributed by atoms with Crippen LogP contribution in [0.5, 0.6) is 11.5 Å². The Morgan fingerprint density at radius 3 is 2.41 bits per heavy atom. The van der Waals surface area contributed by atoms with Crippen LogP contribution in [0.15, 0.2) is 42.5 Å². The van der Waals surface area contributed by atoms with Gasteiger partial charge in [0.2, 0.25) is 0 Å². The number of Topliss-reactive ketones (excluding diaryl/α,β-unsaturated/α-hetero) is 1. The van der Waals surface area contributed by atoms with Crippen molar-refractivity contribution in [3.63, 3.8) is 0 Å². The quantitative estimate of drug-likeness (QED) is 0.678. The SMILES string of the molecule is CC[C@H](C)c1ccccc1NC(=O)[C@H](C)Oc1ccc(C(C)=O)cc1OC. The molecule has 0 radical (unpaired) electrons. The molecule has 1 amide bonds. The van der Waals surface area contributed by atoms with E-state index in [2.05, 4.69) is 19.2 Å². The second-order valence-corrected chi connectivity index (χ2v) is 6.57. The fourth-order valence-corrected chi connectivity index (χ4v) is 2.72. The zero-order chi connectivity index (χ0) is 20.0. The number of carbonyl (C=O) groups is 2. The zero-order valence-electron chi connectivity index (χ0n) is 16.5. The highest BCUT2D eigenvalue weighted by Crippen LogP contribution is 2.30. The lowest BCUT2D eigenvalue weighted by atomic mass is 9.97. The number of ether oxygens (including phenoxy) is 2. The molecule has 1 N–H and O–H groups in total. The average Bonchev–Trinajstić information content (AvgIpc) is 2.67. The van der Waals surface area contributed by atoms with E-state index in [4.69, 9.17) is 9.47 Å². The Kier molecular flexibility index (Phi) is 6.99. The van der Waals surface area contributed by atoms with Crippen molar-refractivity contribution in [2.24, 2.45) is 0 Å². The molecule has 2 atom stereocenters. The Morgan fingerprint density at radius 1 is 1.07 bits per heavy atom. The maximum absolute atomic E-state index is 12.6. The molecule has 0 fully saturated rings. The van der Waals surface area contributed by atoms with Crippen LogP contribution in [0.2, 0.25) is 0 Å². The molecule has 0 spiro atoms. The predicted molar refractivity (Wildman–Crippen MR) is 107 cm³/mol. The Bertz CT molecular complexity index is 816. The minimum absolute atomic E-state index is 0.0627. The van der Waals surface area contributed by atoms with Crippen molar-refractivity contribution in [2.45, 2.75) is 46.1 Å². The number of hydrogen-bond donors (Lipinski definition) is 1. The summed E-state index contributed by atoms with van der Waals surface area (Å²) in [7, 11) is 1.50. The maximum atomic E-state index is 12.6. The highest BCUT2D eigenvalue weighted by Gasteiger charge is 2.19. The first kappa shape index (κ1) is 20.5. The van der Waals surface area contributed by atoms with E-state index in [9.17, 15) is 9.59 Å².